The summed E-state index contributed by atoms with van der Waals surface area (Å²) in [6.45, 7) is 5.31. The minimum atomic E-state index is -0.999. The molecule has 0 saturated carbocycles. The van der Waals surface area contributed by atoms with E-state index in [1.807, 2.05) is 44.2 Å². The van der Waals surface area contributed by atoms with E-state index in [0.717, 1.165) is 5.56 Å². The molecule has 10 heteroatoms. The van der Waals surface area contributed by atoms with E-state index in [0.29, 0.717) is 45.9 Å². The van der Waals surface area contributed by atoms with Crippen molar-refractivity contribution < 1.29 is 19.4 Å². The molecule has 0 spiro atoms. The van der Waals surface area contributed by atoms with E-state index in [4.69, 9.17) is 9.15 Å². The first-order chi connectivity index (χ1) is 16.8. The van der Waals surface area contributed by atoms with Crippen molar-refractivity contribution in [2.45, 2.75) is 38.7 Å². The van der Waals surface area contributed by atoms with Crippen LogP contribution in [-0.2, 0) is 10.3 Å². The van der Waals surface area contributed by atoms with Gasteiger partial charge in [0.05, 0.1) is 29.6 Å². The third-order valence-electron chi connectivity index (χ3n) is 5.80. The number of aromatic nitrogens is 4. The Morgan fingerprint density at radius 2 is 1.89 bits per heavy atom. The van der Waals surface area contributed by atoms with Crippen LogP contribution in [-0.4, -0.2) is 37.0 Å². The molecule has 0 bridgehead atoms. The number of aliphatic hydroxyl groups excluding tert-OH is 2. The Balaban J connectivity index is 1.49. The van der Waals surface area contributed by atoms with Crippen molar-refractivity contribution in [3.8, 4) is 11.5 Å². The number of hydrogen-bond donors (Lipinski definition) is 4. The molecule has 0 radical (unpaired) electrons. The van der Waals surface area contributed by atoms with E-state index in [2.05, 4.69) is 30.8 Å². The molecule has 3 aromatic heterocycles. The Labute approximate surface area is 202 Å². The standard InChI is InChI=1S/C25H26N6O4/c1-14-30-31-23(34-14)17-12-26-21(11-18(17)27-19(13-32)15-7-5-4-6-8-15)28-20-10-9-16-22(29-20)25(2,3)35-24(16)33/h4-12,19,24,32-33H,13H2,1-3H3,(H2,26,27,28,29)/t19-,24?/m1/s1. The second-order valence-electron chi connectivity index (χ2n) is 8.77. The lowest BCUT2D eigenvalue weighted by molar-refractivity contribution is -0.158. The molecular weight excluding hydrogens is 448 g/mol. The molecule has 2 atom stereocenters. The number of nitrogens with one attached hydrogen (secondary N) is 2. The molecule has 4 aromatic rings. The first kappa shape index (κ1) is 22.9. The number of pyridine rings is 2. The van der Waals surface area contributed by atoms with Gasteiger partial charge in [0, 0.05) is 24.8 Å². The number of fused-ring (bicyclic) bond motifs is 1. The van der Waals surface area contributed by atoms with Gasteiger partial charge in [-0.3, -0.25) is 0 Å². The van der Waals surface area contributed by atoms with Crippen LogP contribution in [0.1, 0.15) is 48.9 Å². The molecular formula is C25H26N6O4. The predicted molar refractivity (Wildman–Crippen MR) is 129 cm³/mol. The van der Waals surface area contributed by atoms with Gasteiger partial charge in [0.1, 0.15) is 17.2 Å². The molecule has 35 heavy (non-hydrogen) atoms. The largest absolute Gasteiger partial charge is 0.421 e. The van der Waals surface area contributed by atoms with Crippen LogP contribution in [0.25, 0.3) is 11.5 Å². The average Bonchev–Trinajstić information content (AvgIpc) is 3.37. The van der Waals surface area contributed by atoms with Crippen LogP contribution in [0.2, 0.25) is 0 Å². The maximum atomic E-state index is 10.1. The molecule has 5 rings (SSSR count). The molecule has 1 aliphatic rings. The predicted octanol–water partition coefficient (Wildman–Crippen LogP) is 3.98. The lowest BCUT2D eigenvalue weighted by atomic mass is 10.0. The minimum absolute atomic E-state index is 0.124. The summed E-state index contributed by atoms with van der Waals surface area (Å²) >= 11 is 0. The van der Waals surface area contributed by atoms with E-state index in [1.165, 1.54) is 0 Å². The van der Waals surface area contributed by atoms with Crippen molar-refractivity contribution in [2.24, 2.45) is 0 Å². The third kappa shape index (κ3) is 4.59. The minimum Gasteiger partial charge on any atom is -0.421 e. The zero-order valence-corrected chi connectivity index (χ0v) is 19.6. The summed E-state index contributed by atoms with van der Waals surface area (Å²) in [5, 5.41) is 34.9. The van der Waals surface area contributed by atoms with E-state index < -0.39 is 11.9 Å². The first-order valence-electron chi connectivity index (χ1n) is 11.2. The molecule has 1 aliphatic heterocycles. The van der Waals surface area contributed by atoms with Crippen molar-refractivity contribution in [3.63, 3.8) is 0 Å². The lowest BCUT2D eigenvalue weighted by Crippen LogP contribution is -2.17. The highest BCUT2D eigenvalue weighted by Gasteiger charge is 2.38. The summed E-state index contributed by atoms with van der Waals surface area (Å²) in [4.78, 5) is 9.16. The number of nitrogens with zero attached hydrogens (tertiary/aromatic N) is 4. The van der Waals surface area contributed by atoms with E-state index in [-0.39, 0.29) is 12.6 Å². The zero-order valence-electron chi connectivity index (χ0n) is 19.6. The molecule has 0 amide bonds. The highest BCUT2D eigenvalue weighted by atomic mass is 16.6. The topological polar surface area (TPSA) is 138 Å². The SMILES string of the molecule is Cc1nnc(-c2cnc(Nc3ccc4c(n3)C(C)(C)OC4O)cc2N[C@H](CO)c2ccccc2)o1. The van der Waals surface area contributed by atoms with Crippen molar-refractivity contribution >= 4 is 17.3 Å². The zero-order chi connectivity index (χ0) is 24.6. The molecule has 0 saturated heterocycles. The fourth-order valence-electron chi connectivity index (χ4n) is 4.08. The average molecular weight is 475 g/mol. The van der Waals surface area contributed by atoms with Gasteiger partial charge in [-0.05, 0) is 31.5 Å². The Kier molecular flexibility index (Phi) is 5.93. The fourth-order valence-corrected chi connectivity index (χ4v) is 4.08. The normalized spacial score (nSPS) is 17.1. The summed E-state index contributed by atoms with van der Waals surface area (Å²) in [5.74, 6) is 1.82. The van der Waals surface area contributed by atoms with Crippen LogP contribution in [0.4, 0.5) is 17.3 Å². The smallest absolute Gasteiger partial charge is 0.251 e. The third-order valence-corrected chi connectivity index (χ3v) is 5.80. The Hall–Kier alpha value is -3.86. The van der Waals surface area contributed by atoms with Crippen LogP contribution in [0.5, 0.6) is 0 Å². The summed E-state index contributed by atoms with van der Waals surface area (Å²) in [6, 6.07) is 14.6. The van der Waals surface area contributed by atoms with Gasteiger partial charge in [0.2, 0.25) is 5.89 Å². The molecule has 0 aliphatic carbocycles. The number of rotatable bonds is 7. The summed E-state index contributed by atoms with van der Waals surface area (Å²) in [6.07, 6.45) is 0.627. The Bertz CT molecular complexity index is 1340. The number of benzene rings is 1. The van der Waals surface area contributed by atoms with Crippen molar-refractivity contribution in [3.05, 3.63) is 77.4 Å². The maximum Gasteiger partial charge on any atom is 0.251 e. The molecule has 1 aromatic carbocycles. The van der Waals surface area contributed by atoms with Crippen LogP contribution >= 0.6 is 0 Å². The Morgan fingerprint density at radius 3 is 2.60 bits per heavy atom. The Morgan fingerprint density at radius 1 is 1.09 bits per heavy atom. The van der Waals surface area contributed by atoms with Crippen LogP contribution in [0.3, 0.4) is 0 Å². The molecule has 4 heterocycles. The maximum absolute atomic E-state index is 10.1. The number of aliphatic hydroxyl groups is 2. The van der Waals surface area contributed by atoms with Gasteiger partial charge in [-0.1, -0.05) is 30.3 Å². The summed E-state index contributed by atoms with van der Waals surface area (Å²) < 4.78 is 11.2. The second kappa shape index (κ2) is 9.06. The van der Waals surface area contributed by atoms with Gasteiger partial charge < -0.3 is 30.0 Å². The highest BCUT2D eigenvalue weighted by Crippen LogP contribution is 2.41. The number of anilines is 3. The van der Waals surface area contributed by atoms with Crippen molar-refractivity contribution in [1.82, 2.24) is 20.2 Å². The van der Waals surface area contributed by atoms with Gasteiger partial charge >= 0.3 is 0 Å². The van der Waals surface area contributed by atoms with Crippen LogP contribution in [0.15, 0.2) is 59.1 Å². The molecule has 180 valence electrons. The van der Waals surface area contributed by atoms with Gasteiger partial charge in [-0.2, -0.15) is 0 Å². The van der Waals surface area contributed by atoms with Crippen molar-refractivity contribution in [1.29, 1.82) is 0 Å². The monoisotopic (exact) mass is 474 g/mol. The molecule has 1 unspecified atom stereocenters. The highest BCUT2D eigenvalue weighted by molar-refractivity contribution is 5.75. The van der Waals surface area contributed by atoms with E-state index >= 15 is 0 Å². The van der Waals surface area contributed by atoms with Crippen molar-refractivity contribution in [2.75, 3.05) is 17.2 Å². The number of ether oxygens (including phenoxy) is 1. The lowest BCUT2D eigenvalue weighted by Gasteiger charge is -2.20. The van der Waals surface area contributed by atoms with Crippen LogP contribution in [0, 0.1) is 6.92 Å². The van der Waals surface area contributed by atoms with Gasteiger partial charge in [-0.15, -0.1) is 10.2 Å². The first-order valence-corrected chi connectivity index (χ1v) is 11.2. The van der Waals surface area contributed by atoms with E-state index in [1.54, 1.807) is 31.3 Å². The molecule has 0 fully saturated rings. The van der Waals surface area contributed by atoms with Crippen LogP contribution < -0.4 is 10.6 Å². The molecule has 4 N–H and O–H groups in total. The summed E-state index contributed by atoms with van der Waals surface area (Å²) in [5.41, 5.74) is 2.77. The van der Waals surface area contributed by atoms with Gasteiger partial charge in [0.15, 0.2) is 6.29 Å². The van der Waals surface area contributed by atoms with Gasteiger partial charge in [-0.25, -0.2) is 9.97 Å². The summed E-state index contributed by atoms with van der Waals surface area (Å²) in [7, 11) is 0. The quantitative estimate of drug-likeness (QED) is 0.311. The molecule has 10 nitrogen and oxygen atoms in total. The van der Waals surface area contributed by atoms with Gasteiger partial charge in [0.25, 0.3) is 5.89 Å². The fraction of sp³-hybridized carbons (Fsp3) is 0.280. The van der Waals surface area contributed by atoms with E-state index in [9.17, 15) is 10.2 Å². The number of aryl methyl sites for hydroxylation is 1. The second-order valence-corrected chi connectivity index (χ2v) is 8.77. The number of hydrogen-bond acceptors (Lipinski definition) is 10.